The van der Waals surface area contributed by atoms with Gasteiger partial charge in [-0.05, 0) is 37.6 Å². The van der Waals surface area contributed by atoms with Crippen LogP contribution in [-0.4, -0.2) is 19.7 Å². The molecule has 0 aliphatic heterocycles. The lowest BCUT2D eigenvalue weighted by molar-refractivity contribution is 0.684. The number of benzene rings is 1. The summed E-state index contributed by atoms with van der Waals surface area (Å²) in [4.78, 5) is 0. The molecule has 3 nitrogen and oxygen atoms in total. The number of hydrogen-bond acceptors (Lipinski definition) is 2. The average molecular weight is 309 g/mol. The first kappa shape index (κ1) is 15.0. The van der Waals surface area contributed by atoms with Crippen LogP contribution < -0.4 is 0 Å². The topological polar surface area (TPSA) is 34.9 Å². The molecule has 0 bridgehead atoms. The van der Waals surface area contributed by atoms with Gasteiger partial charge in [0.25, 0.3) is 0 Å². The van der Waals surface area contributed by atoms with Crippen molar-refractivity contribution in [3.63, 3.8) is 0 Å². The molecule has 0 aliphatic rings. The molecule has 20 heavy (non-hydrogen) atoms. The van der Waals surface area contributed by atoms with Crippen LogP contribution in [0.5, 0.6) is 0 Å². The van der Waals surface area contributed by atoms with Crippen LogP contribution in [0, 0.1) is 13.8 Å². The summed E-state index contributed by atoms with van der Waals surface area (Å²) in [5.41, 5.74) is 4.11. The van der Waals surface area contributed by atoms with Gasteiger partial charge in [0.1, 0.15) is 0 Å². The Morgan fingerprint density at radius 3 is 2.50 bits per heavy atom. The van der Waals surface area contributed by atoms with Crippen molar-refractivity contribution < 1.29 is 4.21 Å². The predicted octanol–water partition coefficient (Wildman–Crippen LogP) is 3.49. The van der Waals surface area contributed by atoms with Gasteiger partial charge in [-0.25, -0.2) is 4.68 Å². The van der Waals surface area contributed by atoms with Crippen molar-refractivity contribution in [1.82, 2.24) is 9.78 Å². The molecule has 0 saturated carbocycles. The van der Waals surface area contributed by atoms with E-state index >= 15 is 0 Å². The molecule has 0 unspecified atom stereocenters. The highest BCUT2D eigenvalue weighted by molar-refractivity contribution is 7.84. The minimum Gasteiger partial charge on any atom is -0.259 e. The molecule has 2 rings (SSSR count). The molecule has 0 spiro atoms. The van der Waals surface area contributed by atoms with E-state index in [2.05, 4.69) is 11.7 Å². The van der Waals surface area contributed by atoms with Crippen LogP contribution in [-0.2, 0) is 16.6 Å². The van der Waals surface area contributed by atoms with E-state index in [1.54, 1.807) is 0 Å². The third kappa shape index (κ3) is 3.81. The van der Waals surface area contributed by atoms with E-state index in [1.165, 1.54) is 0 Å². The number of aromatic nitrogens is 2. The molecular weight excluding hydrogens is 292 g/mol. The van der Waals surface area contributed by atoms with Crippen LogP contribution in [0.4, 0.5) is 0 Å². The Kier molecular flexibility index (Phi) is 4.78. The molecule has 0 saturated heterocycles. The van der Waals surface area contributed by atoms with Gasteiger partial charge in [-0.2, -0.15) is 5.10 Å². The third-order valence-corrected chi connectivity index (χ3v) is 4.45. The number of nitrogens with zero attached hydrogens (tertiary/aromatic N) is 2. The van der Waals surface area contributed by atoms with E-state index in [0.717, 1.165) is 22.6 Å². The van der Waals surface area contributed by atoms with E-state index < -0.39 is 10.8 Å². The van der Waals surface area contributed by atoms with E-state index in [-0.39, 0.29) is 0 Å². The summed E-state index contributed by atoms with van der Waals surface area (Å²) < 4.78 is 13.7. The van der Waals surface area contributed by atoms with Crippen LogP contribution in [0.2, 0.25) is 0 Å². The third-order valence-electron chi connectivity index (χ3n) is 2.84. The zero-order valence-corrected chi connectivity index (χ0v) is 13.2. The fourth-order valence-corrected chi connectivity index (χ4v) is 3.42. The van der Waals surface area contributed by atoms with E-state index in [9.17, 15) is 4.21 Å². The number of rotatable bonds is 5. The number of hydrogen-bond donors (Lipinski definition) is 0. The van der Waals surface area contributed by atoms with Gasteiger partial charge < -0.3 is 0 Å². The molecule has 1 aromatic heterocycles. The molecular formula is C15H17ClN2OS. The van der Waals surface area contributed by atoms with Crippen molar-refractivity contribution in [2.45, 2.75) is 19.6 Å². The minimum absolute atomic E-state index is 0.334. The molecule has 0 radical (unpaired) electrons. The van der Waals surface area contributed by atoms with Crippen molar-refractivity contribution >= 4 is 22.4 Å². The maximum atomic E-state index is 11.8. The van der Waals surface area contributed by atoms with Crippen molar-refractivity contribution in [3.05, 3.63) is 58.9 Å². The molecule has 2 aromatic rings. The zero-order valence-electron chi connectivity index (χ0n) is 11.6. The SMILES string of the molecule is C=C(Cl)C[S@](=O)Cc1ccc(-n2nc(C)cc2C)cc1. The van der Waals surface area contributed by atoms with Gasteiger partial charge in [0, 0.05) is 27.3 Å². The Hall–Kier alpha value is -1.39. The molecule has 0 aliphatic carbocycles. The highest BCUT2D eigenvalue weighted by Gasteiger charge is 2.06. The summed E-state index contributed by atoms with van der Waals surface area (Å²) in [5.74, 6) is 0.823. The Morgan fingerprint density at radius 1 is 1.35 bits per heavy atom. The quantitative estimate of drug-likeness (QED) is 0.847. The smallest absolute Gasteiger partial charge is 0.0648 e. The highest BCUT2D eigenvalue weighted by atomic mass is 35.5. The van der Waals surface area contributed by atoms with Gasteiger partial charge >= 0.3 is 0 Å². The minimum atomic E-state index is -1.01. The second-order valence-corrected chi connectivity index (χ2v) is 6.74. The first-order chi connectivity index (χ1) is 9.45. The lowest BCUT2D eigenvalue weighted by Gasteiger charge is -2.06. The Balaban J connectivity index is 2.12. The van der Waals surface area contributed by atoms with Gasteiger partial charge in [0.2, 0.25) is 0 Å². The number of aryl methyl sites for hydroxylation is 2. The summed E-state index contributed by atoms with van der Waals surface area (Å²) in [7, 11) is -1.01. The summed E-state index contributed by atoms with van der Waals surface area (Å²) in [5, 5.41) is 4.87. The Labute approximate surface area is 126 Å². The lowest BCUT2D eigenvalue weighted by atomic mass is 10.2. The van der Waals surface area contributed by atoms with Gasteiger partial charge in [-0.15, -0.1) is 0 Å². The molecule has 0 amide bonds. The van der Waals surface area contributed by atoms with Crippen LogP contribution in [0.1, 0.15) is 17.0 Å². The van der Waals surface area contributed by atoms with E-state index in [4.69, 9.17) is 11.6 Å². The second-order valence-electron chi connectivity index (χ2n) is 4.75. The standard InChI is InChI=1S/C15H17ClN2OS/c1-11(16)9-20(19)10-14-4-6-15(7-5-14)18-13(3)8-12(2)17-18/h4-8H,1,9-10H2,2-3H3/t20-/m0/s1. The lowest BCUT2D eigenvalue weighted by Crippen LogP contribution is -2.02. The molecule has 106 valence electrons. The maximum absolute atomic E-state index is 11.8. The average Bonchev–Trinajstić information content (AvgIpc) is 2.68. The van der Waals surface area contributed by atoms with Crippen molar-refractivity contribution in [2.24, 2.45) is 0 Å². The predicted molar refractivity (Wildman–Crippen MR) is 84.7 cm³/mol. The fourth-order valence-electron chi connectivity index (χ4n) is 2.04. The zero-order chi connectivity index (χ0) is 14.7. The molecule has 1 aromatic carbocycles. The van der Waals surface area contributed by atoms with Crippen molar-refractivity contribution in [3.8, 4) is 5.69 Å². The van der Waals surface area contributed by atoms with Crippen LogP contribution in [0.25, 0.3) is 5.69 Å². The fraction of sp³-hybridized carbons (Fsp3) is 0.267. The Bertz CT molecular complexity index is 646. The van der Waals surface area contributed by atoms with Gasteiger partial charge in [-0.1, -0.05) is 30.3 Å². The van der Waals surface area contributed by atoms with Crippen molar-refractivity contribution in [2.75, 3.05) is 5.75 Å². The molecule has 0 fully saturated rings. The highest BCUT2D eigenvalue weighted by Crippen LogP contribution is 2.14. The van der Waals surface area contributed by atoms with Crippen LogP contribution in [0.3, 0.4) is 0 Å². The van der Waals surface area contributed by atoms with E-state index in [1.807, 2.05) is 48.9 Å². The second kappa shape index (κ2) is 6.37. The number of halogens is 1. The summed E-state index contributed by atoms with van der Waals surface area (Å²) in [6, 6.07) is 9.96. The summed E-state index contributed by atoms with van der Waals surface area (Å²) in [6.45, 7) is 7.56. The first-order valence-electron chi connectivity index (χ1n) is 6.26. The first-order valence-corrected chi connectivity index (χ1v) is 8.13. The van der Waals surface area contributed by atoms with Gasteiger partial charge in [0.15, 0.2) is 0 Å². The largest absolute Gasteiger partial charge is 0.259 e. The maximum Gasteiger partial charge on any atom is 0.0648 e. The molecule has 1 atom stereocenters. The summed E-state index contributed by atoms with van der Waals surface area (Å²) in [6.07, 6.45) is 0. The van der Waals surface area contributed by atoms with Crippen LogP contribution in [0.15, 0.2) is 41.9 Å². The van der Waals surface area contributed by atoms with Gasteiger partial charge in [-0.3, -0.25) is 4.21 Å². The molecule has 5 heteroatoms. The normalized spacial score (nSPS) is 12.3. The van der Waals surface area contributed by atoms with E-state index in [0.29, 0.717) is 16.5 Å². The summed E-state index contributed by atoms with van der Waals surface area (Å²) >= 11 is 5.66. The van der Waals surface area contributed by atoms with Crippen molar-refractivity contribution in [1.29, 1.82) is 0 Å². The Morgan fingerprint density at radius 2 is 2.00 bits per heavy atom. The van der Waals surface area contributed by atoms with Gasteiger partial charge in [0.05, 0.1) is 17.1 Å². The monoisotopic (exact) mass is 308 g/mol. The molecule has 0 N–H and O–H groups in total. The van der Waals surface area contributed by atoms with Crippen LogP contribution >= 0.6 is 11.6 Å². The molecule has 1 heterocycles.